The Labute approximate surface area is 192 Å². The van der Waals surface area contributed by atoms with Crippen LogP contribution >= 0.6 is 0 Å². The van der Waals surface area contributed by atoms with E-state index in [0.29, 0.717) is 29.2 Å². The van der Waals surface area contributed by atoms with Crippen molar-refractivity contribution in [1.29, 1.82) is 0 Å². The van der Waals surface area contributed by atoms with Crippen LogP contribution in [0.2, 0.25) is 0 Å². The van der Waals surface area contributed by atoms with Crippen molar-refractivity contribution < 1.29 is 9.59 Å². The molecule has 166 valence electrons. The highest BCUT2D eigenvalue weighted by atomic mass is 16.2. The summed E-state index contributed by atoms with van der Waals surface area (Å²) in [5.41, 5.74) is 5.24. The number of amides is 2. The molecule has 2 N–H and O–H groups in total. The maximum absolute atomic E-state index is 12.8. The molecule has 33 heavy (non-hydrogen) atoms. The van der Waals surface area contributed by atoms with Crippen LogP contribution in [0, 0.1) is 20.8 Å². The summed E-state index contributed by atoms with van der Waals surface area (Å²) in [4.78, 5) is 30.0. The first kappa shape index (κ1) is 22.0. The second kappa shape index (κ2) is 9.48. The number of carbonyl (C=O) groups is 2. The van der Waals surface area contributed by atoms with Crippen LogP contribution < -0.4 is 10.6 Å². The first-order valence-electron chi connectivity index (χ1n) is 10.6. The van der Waals surface area contributed by atoms with Gasteiger partial charge in [0, 0.05) is 18.4 Å². The van der Waals surface area contributed by atoms with E-state index < -0.39 is 0 Å². The third-order valence-electron chi connectivity index (χ3n) is 5.23. The van der Waals surface area contributed by atoms with Crippen molar-refractivity contribution in [3.63, 3.8) is 0 Å². The Morgan fingerprint density at radius 2 is 1.67 bits per heavy atom. The fourth-order valence-corrected chi connectivity index (χ4v) is 3.47. The van der Waals surface area contributed by atoms with Crippen LogP contribution in [0.15, 0.2) is 72.9 Å². The molecule has 0 aliphatic carbocycles. The van der Waals surface area contributed by atoms with E-state index in [1.54, 1.807) is 41.1 Å². The van der Waals surface area contributed by atoms with Crippen LogP contribution in [0.1, 0.15) is 43.2 Å². The lowest BCUT2D eigenvalue weighted by Gasteiger charge is -2.12. The summed E-state index contributed by atoms with van der Waals surface area (Å²) in [7, 11) is 0. The van der Waals surface area contributed by atoms with Gasteiger partial charge in [0.1, 0.15) is 0 Å². The SMILES string of the molecule is Cc1ccc(CNC(=O)c2ccccc2NC(=O)c2ccc(-n3nc(C)cc3C)nc2)cc1. The molecule has 7 heteroatoms. The monoisotopic (exact) mass is 439 g/mol. The molecule has 2 heterocycles. The van der Waals surface area contributed by atoms with Gasteiger partial charge in [0.2, 0.25) is 0 Å². The van der Waals surface area contributed by atoms with Gasteiger partial charge in [-0.25, -0.2) is 9.67 Å². The van der Waals surface area contributed by atoms with Crippen LogP contribution in [0.3, 0.4) is 0 Å². The quantitative estimate of drug-likeness (QED) is 0.467. The Morgan fingerprint density at radius 3 is 2.33 bits per heavy atom. The van der Waals surface area contributed by atoms with Crippen molar-refractivity contribution >= 4 is 17.5 Å². The average molecular weight is 440 g/mol. The summed E-state index contributed by atoms with van der Waals surface area (Å²) >= 11 is 0. The smallest absolute Gasteiger partial charge is 0.257 e. The molecule has 0 saturated heterocycles. The van der Waals surface area contributed by atoms with Crippen molar-refractivity contribution in [3.05, 3.63) is 107 Å². The molecule has 0 bridgehead atoms. The predicted octanol–water partition coefficient (Wildman–Crippen LogP) is 4.37. The number of carbonyl (C=O) groups excluding carboxylic acids is 2. The van der Waals surface area contributed by atoms with Gasteiger partial charge in [0.05, 0.1) is 22.5 Å². The van der Waals surface area contributed by atoms with Gasteiger partial charge in [-0.3, -0.25) is 9.59 Å². The number of rotatable bonds is 6. The number of para-hydroxylation sites is 1. The molecule has 0 aliphatic rings. The third-order valence-corrected chi connectivity index (χ3v) is 5.23. The molecular formula is C26H25N5O2. The molecule has 2 amide bonds. The van der Waals surface area contributed by atoms with Gasteiger partial charge < -0.3 is 10.6 Å². The molecule has 0 saturated carbocycles. The van der Waals surface area contributed by atoms with Crippen molar-refractivity contribution in [2.24, 2.45) is 0 Å². The molecule has 0 aliphatic heterocycles. The van der Waals surface area contributed by atoms with Crippen molar-refractivity contribution in [3.8, 4) is 5.82 Å². The summed E-state index contributed by atoms with van der Waals surface area (Å²) in [6, 6.07) is 20.3. The highest BCUT2D eigenvalue weighted by Gasteiger charge is 2.15. The Hall–Kier alpha value is -4.26. The fraction of sp³-hybridized carbons (Fsp3) is 0.154. The predicted molar refractivity (Wildman–Crippen MR) is 128 cm³/mol. The molecule has 4 aromatic rings. The second-order valence-electron chi connectivity index (χ2n) is 7.91. The fourth-order valence-electron chi connectivity index (χ4n) is 3.47. The zero-order chi connectivity index (χ0) is 23.4. The standard InChI is InChI=1S/C26H25N5O2/c1-17-8-10-20(11-9-17)15-28-26(33)22-6-4-5-7-23(22)29-25(32)21-12-13-24(27-16-21)31-19(3)14-18(2)30-31/h4-14,16H,15H2,1-3H3,(H,28,33)(H,29,32). The number of hydrogen-bond acceptors (Lipinski definition) is 4. The summed E-state index contributed by atoms with van der Waals surface area (Å²) in [5.74, 6) is 0.0266. The van der Waals surface area contributed by atoms with Gasteiger partial charge in [-0.1, -0.05) is 42.0 Å². The number of pyridine rings is 1. The summed E-state index contributed by atoms with van der Waals surface area (Å²) in [6.45, 7) is 6.28. The van der Waals surface area contributed by atoms with E-state index in [1.165, 1.54) is 6.20 Å². The number of anilines is 1. The lowest BCUT2D eigenvalue weighted by molar-refractivity contribution is 0.0952. The summed E-state index contributed by atoms with van der Waals surface area (Å²) in [6.07, 6.45) is 1.50. The minimum atomic E-state index is -0.346. The van der Waals surface area contributed by atoms with E-state index in [0.717, 1.165) is 22.5 Å². The van der Waals surface area contributed by atoms with Crippen LogP contribution in [-0.2, 0) is 6.54 Å². The second-order valence-corrected chi connectivity index (χ2v) is 7.91. The molecule has 2 aromatic carbocycles. The van der Waals surface area contributed by atoms with Crippen molar-refractivity contribution in [2.45, 2.75) is 27.3 Å². The first-order chi connectivity index (χ1) is 15.9. The number of nitrogens with one attached hydrogen (secondary N) is 2. The molecular weight excluding hydrogens is 414 g/mol. The minimum absolute atomic E-state index is 0.260. The molecule has 7 nitrogen and oxygen atoms in total. The number of benzene rings is 2. The molecule has 4 rings (SSSR count). The zero-order valence-corrected chi connectivity index (χ0v) is 18.8. The largest absolute Gasteiger partial charge is 0.348 e. The lowest BCUT2D eigenvalue weighted by atomic mass is 10.1. The maximum Gasteiger partial charge on any atom is 0.257 e. The van der Waals surface area contributed by atoms with Gasteiger partial charge in [0.25, 0.3) is 11.8 Å². The summed E-state index contributed by atoms with van der Waals surface area (Å²) < 4.78 is 1.73. The van der Waals surface area contributed by atoms with Crippen LogP contribution in [0.25, 0.3) is 5.82 Å². The first-order valence-corrected chi connectivity index (χ1v) is 10.6. The minimum Gasteiger partial charge on any atom is -0.348 e. The Bertz CT molecular complexity index is 1290. The van der Waals surface area contributed by atoms with Crippen LogP contribution in [-0.4, -0.2) is 26.6 Å². The normalized spacial score (nSPS) is 10.6. The van der Waals surface area contributed by atoms with E-state index in [4.69, 9.17) is 0 Å². The third kappa shape index (κ3) is 5.15. The van der Waals surface area contributed by atoms with Gasteiger partial charge in [-0.2, -0.15) is 5.10 Å². The lowest BCUT2D eigenvalue weighted by Crippen LogP contribution is -2.25. The average Bonchev–Trinajstić information content (AvgIpc) is 3.16. The van der Waals surface area contributed by atoms with Gasteiger partial charge >= 0.3 is 0 Å². The van der Waals surface area contributed by atoms with E-state index in [-0.39, 0.29) is 11.8 Å². The maximum atomic E-state index is 12.8. The van der Waals surface area contributed by atoms with Gasteiger partial charge in [-0.15, -0.1) is 0 Å². The number of nitrogens with zero attached hydrogens (tertiary/aromatic N) is 3. The molecule has 0 radical (unpaired) electrons. The zero-order valence-electron chi connectivity index (χ0n) is 18.8. The Kier molecular flexibility index (Phi) is 6.31. The molecule has 0 unspecified atom stereocenters. The Balaban J connectivity index is 1.45. The van der Waals surface area contributed by atoms with Crippen molar-refractivity contribution in [1.82, 2.24) is 20.1 Å². The highest BCUT2D eigenvalue weighted by molar-refractivity contribution is 6.08. The van der Waals surface area contributed by atoms with Gasteiger partial charge in [0.15, 0.2) is 5.82 Å². The highest BCUT2D eigenvalue weighted by Crippen LogP contribution is 2.17. The topological polar surface area (TPSA) is 88.9 Å². The van der Waals surface area contributed by atoms with E-state index in [9.17, 15) is 9.59 Å². The molecule has 0 fully saturated rings. The van der Waals surface area contributed by atoms with Crippen molar-refractivity contribution in [2.75, 3.05) is 5.32 Å². The van der Waals surface area contributed by atoms with Crippen LogP contribution in [0.5, 0.6) is 0 Å². The molecule has 2 aromatic heterocycles. The van der Waals surface area contributed by atoms with E-state index in [1.807, 2.05) is 51.1 Å². The molecule has 0 spiro atoms. The number of aryl methyl sites for hydroxylation is 3. The summed E-state index contributed by atoms with van der Waals surface area (Å²) in [5, 5.41) is 10.1. The molecule has 0 atom stereocenters. The van der Waals surface area contributed by atoms with E-state index >= 15 is 0 Å². The van der Waals surface area contributed by atoms with E-state index in [2.05, 4.69) is 20.7 Å². The number of hydrogen-bond donors (Lipinski definition) is 2. The van der Waals surface area contributed by atoms with Gasteiger partial charge in [-0.05, 0) is 56.7 Å². The Morgan fingerprint density at radius 1 is 0.909 bits per heavy atom. The number of aromatic nitrogens is 3. The van der Waals surface area contributed by atoms with Crippen LogP contribution in [0.4, 0.5) is 5.69 Å².